The van der Waals surface area contributed by atoms with Gasteiger partial charge in [-0.25, -0.2) is 8.42 Å². The van der Waals surface area contributed by atoms with Crippen LogP contribution in [0.25, 0.3) is 10.9 Å². The molecule has 32 heavy (non-hydrogen) atoms. The minimum absolute atomic E-state index is 0.0289. The molecule has 0 amide bonds. The van der Waals surface area contributed by atoms with Crippen LogP contribution in [0, 0.1) is 5.92 Å². The topological polar surface area (TPSA) is 130 Å². The van der Waals surface area contributed by atoms with Gasteiger partial charge in [0, 0.05) is 24.0 Å². The van der Waals surface area contributed by atoms with E-state index < -0.39 is 20.0 Å². The molecule has 2 heterocycles. The molecule has 11 heteroatoms. The van der Waals surface area contributed by atoms with E-state index in [4.69, 9.17) is 0 Å². The molecule has 0 radical (unpaired) electrons. The fraction of sp³-hybridized carbons (Fsp3) is 0.286. The predicted octanol–water partition coefficient (Wildman–Crippen LogP) is 3.33. The van der Waals surface area contributed by atoms with Crippen molar-refractivity contribution < 1.29 is 21.9 Å². The zero-order valence-electron chi connectivity index (χ0n) is 17.8. The molecule has 0 fully saturated rings. The molecule has 0 saturated heterocycles. The maximum atomic E-state index is 12.9. The van der Waals surface area contributed by atoms with Crippen LogP contribution in [0.2, 0.25) is 0 Å². The number of anilines is 2. The Balaban J connectivity index is 1.81. The summed E-state index contributed by atoms with van der Waals surface area (Å²) >= 11 is 0. The Bertz CT molecular complexity index is 1450. The number of sulfonamides is 2. The zero-order valence-corrected chi connectivity index (χ0v) is 19.5. The van der Waals surface area contributed by atoms with E-state index in [0.29, 0.717) is 23.4 Å². The molecule has 0 aliphatic carbocycles. The summed E-state index contributed by atoms with van der Waals surface area (Å²) in [5.74, 6) is 0.595. The van der Waals surface area contributed by atoms with Crippen molar-refractivity contribution in [2.75, 3.05) is 16.3 Å². The Morgan fingerprint density at radius 2 is 1.97 bits per heavy atom. The lowest BCUT2D eigenvalue weighted by atomic mass is 10.1. The summed E-state index contributed by atoms with van der Waals surface area (Å²) in [6.07, 6.45) is 3.69. The zero-order chi connectivity index (χ0) is 23.3. The van der Waals surface area contributed by atoms with E-state index in [-0.39, 0.29) is 27.9 Å². The molecule has 1 aliphatic rings. The van der Waals surface area contributed by atoms with Gasteiger partial charge in [-0.15, -0.1) is 4.40 Å². The number of hydrogen-bond donors (Lipinski definition) is 3. The third-order valence-electron chi connectivity index (χ3n) is 5.11. The Hall–Kier alpha value is -3.05. The van der Waals surface area contributed by atoms with Crippen molar-refractivity contribution in [1.29, 1.82) is 0 Å². The molecule has 1 aliphatic heterocycles. The molecule has 0 saturated carbocycles. The van der Waals surface area contributed by atoms with E-state index in [2.05, 4.69) is 28.3 Å². The lowest BCUT2D eigenvalue weighted by molar-refractivity contribution is 0.481. The maximum Gasteiger partial charge on any atom is 0.286 e. The van der Waals surface area contributed by atoms with Crippen LogP contribution in [-0.4, -0.2) is 38.6 Å². The minimum Gasteiger partial charge on any atom is -0.507 e. The van der Waals surface area contributed by atoms with Crippen LogP contribution in [0.1, 0.15) is 25.8 Å². The normalized spacial score (nSPS) is 15.3. The second kappa shape index (κ2) is 7.82. The van der Waals surface area contributed by atoms with E-state index >= 15 is 0 Å². The van der Waals surface area contributed by atoms with E-state index in [1.807, 2.05) is 10.6 Å². The number of nitrogens with one attached hydrogen (secondary N) is 2. The maximum absolute atomic E-state index is 12.9. The summed E-state index contributed by atoms with van der Waals surface area (Å²) < 4.78 is 57.1. The van der Waals surface area contributed by atoms with Crippen molar-refractivity contribution >= 4 is 48.2 Å². The Morgan fingerprint density at radius 1 is 1.22 bits per heavy atom. The van der Waals surface area contributed by atoms with Gasteiger partial charge in [-0.1, -0.05) is 19.9 Å². The molecular weight excluding hydrogens is 452 g/mol. The first-order chi connectivity index (χ1) is 14.9. The second-order valence-electron chi connectivity index (χ2n) is 8.22. The van der Waals surface area contributed by atoms with Gasteiger partial charge in [0.2, 0.25) is 10.0 Å². The number of aromatic nitrogens is 1. The van der Waals surface area contributed by atoms with E-state index in [9.17, 15) is 21.9 Å². The van der Waals surface area contributed by atoms with Gasteiger partial charge in [-0.2, -0.15) is 8.42 Å². The lowest BCUT2D eigenvalue weighted by Gasteiger charge is -2.19. The number of aryl methyl sites for hydroxylation is 1. The molecule has 170 valence electrons. The van der Waals surface area contributed by atoms with Gasteiger partial charge in [0.05, 0.1) is 22.8 Å². The van der Waals surface area contributed by atoms with Gasteiger partial charge in [0.15, 0.2) is 5.84 Å². The van der Waals surface area contributed by atoms with Crippen LogP contribution < -0.4 is 10.0 Å². The molecule has 0 atom stereocenters. The van der Waals surface area contributed by atoms with Gasteiger partial charge >= 0.3 is 0 Å². The number of fused-ring (bicyclic) bond motifs is 2. The van der Waals surface area contributed by atoms with E-state index in [0.717, 1.165) is 18.2 Å². The molecular formula is C21H24N4O5S2. The van der Waals surface area contributed by atoms with Gasteiger partial charge < -0.3 is 15.0 Å². The minimum atomic E-state index is -4.12. The van der Waals surface area contributed by atoms with Crippen molar-refractivity contribution in [2.45, 2.75) is 31.7 Å². The van der Waals surface area contributed by atoms with Crippen LogP contribution in [0.15, 0.2) is 51.9 Å². The van der Waals surface area contributed by atoms with E-state index in [1.54, 1.807) is 18.3 Å². The van der Waals surface area contributed by atoms with Crippen molar-refractivity contribution in [3.8, 4) is 5.75 Å². The van der Waals surface area contributed by atoms with Crippen LogP contribution in [0.4, 0.5) is 11.4 Å². The SMILES string of the molecule is CC(C)CCn1cc(C2=NS(=O)(=O)c3cc(NS(C)(=O)=O)ccc3N2)c2c(O)cccc21. The number of phenols is 1. The number of phenolic OH excluding ortho intramolecular Hbond substituents is 1. The van der Waals surface area contributed by atoms with Gasteiger partial charge in [0.25, 0.3) is 10.0 Å². The average Bonchev–Trinajstić information content (AvgIpc) is 3.05. The number of benzene rings is 2. The second-order valence-corrected chi connectivity index (χ2v) is 11.5. The Kier molecular flexibility index (Phi) is 5.41. The first-order valence-corrected chi connectivity index (χ1v) is 13.3. The molecule has 0 spiro atoms. The van der Waals surface area contributed by atoms with Crippen molar-refractivity contribution in [3.63, 3.8) is 0 Å². The van der Waals surface area contributed by atoms with Crippen molar-refractivity contribution in [2.24, 2.45) is 10.3 Å². The highest BCUT2D eigenvalue weighted by Gasteiger charge is 2.28. The predicted molar refractivity (Wildman–Crippen MR) is 125 cm³/mol. The quantitative estimate of drug-likeness (QED) is 0.500. The summed E-state index contributed by atoms with van der Waals surface area (Å²) in [6.45, 7) is 4.94. The molecule has 0 bridgehead atoms. The molecule has 3 aromatic rings. The largest absolute Gasteiger partial charge is 0.507 e. The van der Waals surface area contributed by atoms with Crippen LogP contribution in [-0.2, 0) is 26.6 Å². The van der Waals surface area contributed by atoms with Crippen molar-refractivity contribution in [3.05, 3.63) is 48.2 Å². The summed E-state index contributed by atoms with van der Waals surface area (Å²) in [7, 11) is -7.68. The molecule has 4 rings (SSSR count). The number of rotatable bonds is 6. The summed E-state index contributed by atoms with van der Waals surface area (Å²) in [6, 6.07) is 9.33. The Morgan fingerprint density at radius 3 is 2.66 bits per heavy atom. The first kappa shape index (κ1) is 22.2. The van der Waals surface area contributed by atoms with Crippen LogP contribution in [0.3, 0.4) is 0 Å². The van der Waals surface area contributed by atoms with Gasteiger partial charge in [-0.05, 0) is 42.7 Å². The smallest absolute Gasteiger partial charge is 0.286 e. The molecule has 9 nitrogen and oxygen atoms in total. The lowest BCUT2D eigenvalue weighted by Crippen LogP contribution is -2.22. The van der Waals surface area contributed by atoms with Gasteiger partial charge in [-0.3, -0.25) is 4.72 Å². The highest BCUT2D eigenvalue weighted by atomic mass is 32.2. The van der Waals surface area contributed by atoms with Crippen LogP contribution in [0.5, 0.6) is 5.75 Å². The summed E-state index contributed by atoms with van der Waals surface area (Å²) in [5.41, 5.74) is 1.64. The average molecular weight is 477 g/mol. The number of hydrogen-bond acceptors (Lipinski definition) is 6. The fourth-order valence-electron chi connectivity index (χ4n) is 3.65. The summed E-state index contributed by atoms with van der Waals surface area (Å²) in [4.78, 5) is -0.136. The number of amidine groups is 1. The molecule has 3 N–H and O–H groups in total. The number of aromatic hydroxyl groups is 1. The molecule has 0 unspecified atom stereocenters. The van der Waals surface area contributed by atoms with E-state index in [1.165, 1.54) is 18.2 Å². The standard InChI is InChI=1S/C21H24N4O5S2/c1-13(2)9-10-25-12-15(20-17(25)5-4-6-18(20)26)21-22-16-8-7-14(23-31(3,27)28)11-19(16)32(29,30)24-21/h4-8,11-13,23,26H,9-10H2,1-3H3,(H,22,24). The third-order valence-corrected chi connectivity index (χ3v) is 7.04. The fourth-order valence-corrected chi connectivity index (χ4v) is 5.36. The highest BCUT2D eigenvalue weighted by Crippen LogP contribution is 2.35. The number of nitrogens with zero attached hydrogens (tertiary/aromatic N) is 2. The first-order valence-electron chi connectivity index (χ1n) is 9.99. The summed E-state index contributed by atoms with van der Waals surface area (Å²) in [5, 5.41) is 14.1. The van der Waals surface area contributed by atoms with Gasteiger partial charge in [0.1, 0.15) is 10.6 Å². The van der Waals surface area contributed by atoms with Crippen LogP contribution >= 0.6 is 0 Å². The molecule has 2 aromatic carbocycles. The van der Waals surface area contributed by atoms with Crippen molar-refractivity contribution in [1.82, 2.24) is 4.57 Å². The highest BCUT2D eigenvalue weighted by molar-refractivity contribution is 7.92. The molecule has 1 aromatic heterocycles. The Labute approximate surface area is 186 Å². The third kappa shape index (κ3) is 4.30. The monoisotopic (exact) mass is 476 g/mol.